The molecule has 0 radical (unpaired) electrons. The molecule has 31 heavy (non-hydrogen) atoms. The molecule has 0 aliphatic carbocycles. The van der Waals surface area contributed by atoms with Gasteiger partial charge in [0, 0.05) is 4.90 Å². The Bertz CT molecular complexity index is 977. The number of carboxylic acids is 1. The molecule has 0 fully saturated rings. The lowest BCUT2D eigenvalue weighted by Gasteiger charge is -2.22. The molecule has 0 spiro atoms. The number of nitrogens with one attached hydrogen (secondary N) is 1. The van der Waals surface area contributed by atoms with Gasteiger partial charge >= 0.3 is 5.97 Å². The van der Waals surface area contributed by atoms with Crippen molar-refractivity contribution in [2.24, 2.45) is 0 Å². The Hall–Kier alpha value is -3.25. The monoisotopic (exact) mass is 435 g/mol. The number of aliphatic carboxylic acids is 1. The third kappa shape index (κ3) is 6.62. The van der Waals surface area contributed by atoms with Crippen molar-refractivity contribution < 1.29 is 19.4 Å². The molecule has 0 heterocycles. The van der Waals surface area contributed by atoms with Crippen molar-refractivity contribution >= 4 is 23.6 Å². The van der Waals surface area contributed by atoms with Crippen molar-refractivity contribution in [3.63, 3.8) is 0 Å². The number of benzene rings is 3. The summed E-state index contributed by atoms with van der Waals surface area (Å²) >= 11 is 1.44. The summed E-state index contributed by atoms with van der Waals surface area (Å²) in [4.78, 5) is 25.8. The van der Waals surface area contributed by atoms with E-state index < -0.39 is 17.3 Å². The molecule has 0 aromatic heterocycles. The van der Waals surface area contributed by atoms with Crippen LogP contribution in [0.15, 0.2) is 89.8 Å². The molecular weight excluding hydrogens is 410 g/mol. The molecule has 2 N–H and O–H groups in total. The van der Waals surface area contributed by atoms with Gasteiger partial charge in [-0.25, -0.2) is 0 Å². The first-order chi connectivity index (χ1) is 15.1. The van der Waals surface area contributed by atoms with Crippen molar-refractivity contribution in [2.75, 3.05) is 6.61 Å². The molecule has 5 nitrogen and oxygen atoms in total. The molecular formula is C25H25NO4S. The summed E-state index contributed by atoms with van der Waals surface area (Å²) in [5.41, 5.74) is 1.57. The van der Waals surface area contributed by atoms with Crippen LogP contribution >= 0.6 is 11.8 Å². The van der Waals surface area contributed by atoms with Gasteiger partial charge in [0.1, 0.15) is 11.0 Å². The van der Waals surface area contributed by atoms with Crippen LogP contribution in [-0.4, -0.2) is 23.6 Å². The van der Waals surface area contributed by atoms with Crippen LogP contribution in [0.2, 0.25) is 0 Å². The van der Waals surface area contributed by atoms with Crippen LogP contribution in [0.5, 0.6) is 5.75 Å². The van der Waals surface area contributed by atoms with E-state index in [0.717, 1.165) is 16.0 Å². The zero-order valence-corrected chi connectivity index (χ0v) is 18.0. The molecule has 0 aliphatic rings. The molecule has 3 rings (SSSR count). The molecule has 3 aromatic carbocycles. The summed E-state index contributed by atoms with van der Waals surface area (Å²) in [5, 5.41) is 11.8. The fourth-order valence-electron chi connectivity index (χ4n) is 3.17. The summed E-state index contributed by atoms with van der Waals surface area (Å²) in [7, 11) is 0. The molecule has 2 atom stereocenters. The summed E-state index contributed by atoms with van der Waals surface area (Å²) in [6, 6.07) is 25.7. The van der Waals surface area contributed by atoms with E-state index in [1.54, 1.807) is 24.3 Å². The fraction of sp³-hybridized carbons (Fsp3) is 0.200. The Morgan fingerprint density at radius 1 is 0.903 bits per heavy atom. The maximum Gasteiger partial charge on any atom is 0.305 e. The Balaban J connectivity index is 1.84. The van der Waals surface area contributed by atoms with E-state index in [0.29, 0.717) is 12.4 Å². The van der Waals surface area contributed by atoms with Gasteiger partial charge in [-0.1, -0.05) is 60.7 Å². The fourth-order valence-corrected chi connectivity index (χ4v) is 4.23. The minimum absolute atomic E-state index is 0.211. The lowest BCUT2D eigenvalue weighted by atomic mass is 10.0. The van der Waals surface area contributed by atoms with Crippen LogP contribution in [0.3, 0.4) is 0 Å². The van der Waals surface area contributed by atoms with Crippen molar-refractivity contribution in [1.29, 1.82) is 0 Å². The number of carbonyl (C=O) groups is 2. The van der Waals surface area contributed by atoms with Crippen LogP contribution in [0.1, 0.15) is 35.8 Å². The maximum atomic E-state index is 13.3. The summed E-state index contributed by atoms with van der Waals surface area (Å²) in [5.74, 6) is -0.514. The van der Waals surface area contributed by atoms with Gasteiger partial charge in [0.2, 0.25) is 5.91 Å². The second-order valence-electron chi connectivity index (χ2n) is 6.88. The summed E-state index contributed by atoms with van der Waals surface area (Å²) in [6.07, 6.45) is -0.211. The SMILES string of the molecule is CCOc1ccc([C@H](CC(=O)O)NC(=O)[C@H](Sc2ccccc2)c2ccccc2)cc1. The first-order valence-electron chi connectivity index (χ1n) is 10.1. The first-order valence-corrected chi connectivity index (χ1v) is 11.0. The molecule has 3 aromatic rings. The second kappa shape index (κ2) is 11.2. The molecule has 1 amide bonds. The van der Waals surface area contributed by atoms with E-state index in [2.05, 4.69) is 5.32 Å². The van der Waals surface area contributed by atoms with Crippen molar-refractivity contribution in [1.82, 2.24) is 5.32 Å². The second-order valence-corrected chi connectivity index (χ2v) is 8.06. The van der Waals surface area contributed by atoms with Crippen LogP contribution in [0.25, 0.3) is 0 Å². The molecule has 0 saturated carbocycles. The van der Waals surface area contributed by atoms with Gasteiger partial charge < -0.3 is 15.2 Å². The van der Waals surface area contributed by atoms with E-state index >= 15 is 0 Å². The highest BCUT2D eigenvalue weighted by atomic mass is 32.2. The normalized spacial score (nSPS) is 12.5. The van der Waals surface area contributed by atoms with Crippen molar-refractivity contribution in [3.8, 4) is 5.75 Å². The molecule has 0 bridgehead atoms. The van der Waals surface area contributed by atoms with Gasteiger partial charge in [-0.05, 0) is 42.3 Å². The Labute approximate surface area is 186 Å². The number of thioether (sulfide) groups is 1. The smallest absolute Gasteiger partial charge is 0.305 e. The predicted octanol–water partition coefficient (Wildman–Crippen LogP) is 5.25. The average molecular weight is 436 g/mol. The Morgan fingerprint density at radius 3 is 2.10 bits per heavy atom. The van der Waals surface area contributed by atoms with E-state index in [1.807, 2.05) is 67.6 Å². The van der Waals surface area contributed by atoms with E-state index in [4.69, 9.17) is 4.74 Å². The Kier molecular flexibility index (Phi) is 8.12. The van der Waals surface area contributed by atoms with Crippen LogP contribution in [0.4, 0.5) is 0 Å². The van der Waals surface area contributed by atoms with Crippen LogP contribution in [0, 0.1) is 0 Å². The molecule has 0 aliphatic heterocycles. The van der Waals surface area contributed by atoms with Gasteiger partial charge in [0.05, 0.1) is 19.1 Å². The van der Waals surface area contributed by atoms with Gasteiger partial charge in [0.15, 0.2) is 0 Å². The van der Waals surface area contributed by atoms with Gasteiger partial charge in [-0.15, -0.1) is 11.8 Å². The van der Waals surface area contributed by atoms with E-state index in [-0.39, 0.29) is 12.3 Å². The van der Waals surface area contributed by atoms with Crippen LogP contribution in [-0.2, 0) is 9.59 Å². The summed E-state index contributed by atoms with van der Waals surface area (Å²) in [6.45, 7) is 2.44. The van der Waals surface area contributed by atoms with E-state index in [1.165, 1.54) is 11.8 Å². The number of rotatable bonds is 10. The topological polar surface area (TPSA) is 75.6 Å². The highest BCUT2D eigenvalue weighted by Crippen LogP contribution is 2.36. The third-order valence-corrected chi connectivity index (χ3v) is 5.89. The first kappa shape index (κ1) is 22.4. The predicted molar refractivity (Wildman–Crippen MR) is 122 cm³/mol. The lowest BCUT2D eigenvalue weighted by Crippen LogP contribution is -2.33. The molecule has 6 heteroatoms. The zero-order chi connectivity index (χ0) is 22.1. The Morgan fingerprint density at radius 2 is 1.52 bits per heavy atom. The minimum Gasteiger partial charge on any atom is -0.494 e. The van der Waals surface area contributed by atoms with Gasteiger partial charge in [0.25, 0.3) is 0 Å². The summed E-state index contributed by atoms with van der Waals surface area (Å²) < 4.78 is 5.46. The number of hydrogen-bond donors (Lipinski definition) is 2. The van der Waals surface area contributed by atoms with E-state index in [9.17, 15) is 14.7 Å². The minimum atomic E-state index is -0.980. The standard InChI is InChI=1S/C25H25NO4S/c1-2-30-20-15-13-18(14-16-20)22(17-23(27)28)26-25(29)24(19-9-5-3-6-10-19)31-21-11-7-4-8-12-21/h3-16,22,24H,2,17H2,1H3,(H,26,29)(H,27,28)/t22-,24+/m0/s1. The third-order valence-electron chi connectivity index (χ3n) is 4.63. The number of amides is 1. The maximum absolute atomic E-state index is 13.3. The lowest BCUT2D eigenvalue weighted by molar-refractivity contribution is -0.137. The number of ether oxygens (including phenoxy) is 1. The van der Waals surface area contributed by atoms with Crippen molar-refractivity contribution in [3.05, 3.63) is 96.1 Å². The number of carboxylic acid groups (broad SMARTS) is 1. The van der Waals surface area contributed by atoms with Gasteiger partial charge in [-0.3, -0.25) is 9.59 Å². The van der Waals surface area contributed by atoms with Crippen LogP contribution < -0.4 is 10.1 Å². The molecule has 160 valence electrons. The van der Waals surface area contributed by atoms with Gasteiger partial charge in [-0.2, -0.15) is 0 Å². The highest BCUT2D eigenvalue weighted by Gasteiger charge is 2.26. The average Bonchev–Trinajstić information content (AvgIpc) is 2.79. The zero-order valence-electron chi connectivity index (χ0n) is 17.2. The molecule has 0 saturated heterocycles. The number of hydrogen-bond acceptors (Lipinski definition) is 4. The molecule has 0 unspecified atom stereocenters. The highest BCUT2D eigenvalue weighted by molar-refractivity contribution is 8.00. The largest absolute Gasteiger partial charge is 0.494 e. The number of carbonyl (C=O) groups excluding carboxylic acids is 1. The quantitative estimate of drug-likeness (QED) is 0.425. The van der Waals surface area contributed by atoms with Crippen molar-refractivity contribution in [2.45, 2.75) is 29.5 Å².